The van der Waals surface area contributed by atoms with E-state index in [4.69, 9.17) is 0 Å². The van der Waals surface area contributed by atoms with Crippen molar-refractivity contribution in [2.24, 2.45) is 0 Å². The Balaban J connectivity index is 1.60. The Bertz CT molecular complexity index is 944. The quantitative estimate of drug-likeness (QED) is 0.787. The van der Waals surface area contributed by atoms with E-state index in [1.807, 2.05) is 16.7 Å². The van der Waals surface area contributed by atoms with Gasteiger partial charge in [0.1, 0.15) is 11.6 Å². The monoisotopic (exact) mass is 352 g/mol. The first-order chi connectivity index (χ1) is 12.6. The molecule has 0 bridgehead atoms. The molecule has 1 saturated heterocycles. The summed E-state index contributed by atoms with van der Waals surface area (Å²) in [4.78, 5) is 17.2. The van der Waals surface area contributed by atoms with Crippen LogP contribution in [0, 0.1) is 5.82 Å². The van der Waals surface area contributed by atoms with Gasteiger partial charge in [-0.05, 0) is 49.5 Å². The molecule has 0 aliphatic carbocycles. The fourth-order valence-electron chi connectivity index (χ4n) is 3.28. The minimum atomic E-state index is -0.374. The fraction of sp³-hybridized carbons (Fsp3) is 0.250. The lowest BCUT2D eigenvalue weighted by atomic mass is 10.2. The number of fused-ring (bicyclic) bond motifs is 1. The van der Waals surface area contributed by atoms with Crippen molar-refractivity contribution in [3.05, 3.63) is 66.1 Å². The van der Waals surface area contributed by atoms with E-state index in [2.05, 4.69) is 34.3 Å². The molecule has 1 amide bonds. The van der Waals surface area contributed by atoms with Crippen LogP contribution >= 0.6 is 0 Å². The van der Waals surface area contributed by atoms with Gasteiger partial charge in [-0.3, -0.25) is 4.79 Å². The number of hydrogen-bond acceptors (Lipinski definition) is 3. The van der Waals surface area contributed by atoms with Crippen molar-refractivity contribution in [3.63, 3.8) is 0 Å². The van der Waals surface area contributed by atoms with E-state index in [0.29, 0.717) is 11.3 Å². The van der Waals surface area contributed by atoms with Crippen LogP contribution in [0.5, 0.6) is 0 Å². The first kappa shape index (κ1) is 16.6. The molecule has 3 aromatic rings. The SMILES string of the molecule is CN1CCN(c2ccc3ccc(C(=O)Nc4cccc(F)c4)cn23)CC1. The molecule has 26 heavy (non-hydrogen) atoms. The fourth-order valence-corrected chi connectivity index (χ4v) is 3.28. The van der Waals surface area contributed by atoms with E-state index >= 15 is 0 Å². The Morgan fingerprint density at radius 3 is 2.58 bits per heavy atom. The van der Waals surface area contributed by atoms with E-state index < -0.39 is 0 Å². The van der Waals surface area contributed by atoms with Gasteiger partial charge in [0.2, 0.25) is 0 Å². The highest BCUT2D eigenvalue weighted by Gasteiger charge is 2.17. The first-order valence-corrected chi connectivity index (χ1v) is 8.72. The van der Waals surface area contributed by atoms with Crippen molar-refractivity contribution in [3.8, 4) is 0 Å². The Morgan fingerprint density at radius 1 is 1.04 bits per heavy atom. The lowest BCUT2D eigenvalue weighted by molar-refractivity contribution is 0.102. The van der Waals surface area contributed by atoms with Gasteiger partial charge in [0.25, 0.3) is 5.91 Å². The summed E-state index contributed by atoms with van der Waals surface area (Å²) in [6.07, 6.45) is 1.84. The molecule has 1 N–H and O–H groups in total. The minimum absolute atomic E-state index is 0.254. The number of aromatic nitrogens is 1. The molecule has 6 heteroatoms. The number of pyridine rings is 1. The average molecular weight is 352 g/mol. The molecule has 0 saturated carbocycles. The summed E-state index contributed by atoms with van der Waals surface area (Å²) in [6, 6.07) is 13.8. The summed E-state index contributed by atoms with van der Waals surface area (Å²) < 4.78 is 15.4. The van der Waals surface area contributed by atoms with Gasteiger partial charge in [0, 0.05) is 43.6 Å². The average Bonchev–Trinajstić information content (AvgIpc) is 3.05. The number of nitrogens with zero attached hydrogens (tertiary/aromatic N) is 3. The normalized spacial score (nSPS) is 15.4. The van der Waals surface area contributed by atoms with Gasteiger partial charge in [-0.2, -0.15) is 0 Å². The van der Waals surface area contributed by atoms with Crippen LogP contribution in [0.2, 0.25) is 0 Å². The smallest absolute Gasteiger partial charge is 0.257 e. The minimum Gasteiger partial charge on any atom is -0.355 e. The second kappa shape index (κ2) is 6.80. The van der Waals surface area contributed by atoms with Crippen LogP contribution in [0.1, 0.15) is 10.4 Å². The molecule has 2 aromatic heterocycles. The maximum atomic E-state index is 13.3. The number of halogens is 1. The molecule has 0 atom stereocenters. The summed E-state index contributed by atoms with van der Waals surface area (Å²) in [7, 11) is 2.13. The third-order valence-corrected chi connectivity index (χ3v) is 4.80. The standard InChI is InChI=1S/C20H21FN4O/c1-23-9-11-24(12-10-23)19-8-7-18-6-5-15(14-25(18)19)20(26)22-17-4-2-3-16(21)13-17/h2-8,13-14H,9-12H2,1H3,(H,22,26). The van der Waals surface area contributed by atoms with Gasteiger partial charge in [-0.1, -0.05) is 6.07 Å². The van der Waals surface area contributed by atoms with Crippen LogP contribution in [0.3, 0.4) is 0 Å². The van der Waals surface area contributed by atoms with Gasteiger partial charge in [0.15, 0.2) is 0 Å². The Hall–Kier alpha value is -2.86. The number of likely N-dealkylation sites (N-methyl/N-ethyl adjacent to an activating group) is 1. The van der Waals surface area contributed by atoms with Gasteiger partial charge < -0.3 is 19.5 Å². The van der Waals surface area contributed by atoms with Gasteiger partial charge in [-0.15, -0.1) is 0 Å². The summed E-state index contributed by atoms with van der Waals surface area (Å²) in [5, 5.41) is 2.75. The zero-order valence-corrected chi connectivity index (χ0v) is 14.7. The van der Waals surface area contributed by atoms with Crippen LogP contribution in [0.4, 0.5) is 15.9 Å². The van der Waals surface area contributed by atoms with E-state index in [1.165, 1.54) is 12.1 Å². The second-order valence-electron chi connectivity index (χ2n) is 6.66. The Kier molecular flexibility index (Phi) is 4.34. The van der Waals surface area contributed by atoms with Crippen molar-refractivity contribution in [2.45, 2.75) is 0 Å². The number of piperazine rings is 1. The highest BCUT2D eigenvalue weighted by Crippen LogP contribution is 2.22. The molecule has 134 valence electrons. The summed E-state index contributed by atoms with van der Waals surface area (Å²) >= 11 is 0. The largest absolute Gasteiger partial charge is 0.355 e. The highest BCUT2D eigenvalue weighted by atomic mass is 19.1. The van der Waals surface area contributed by atoms with Crippen molar-refractivity contribution in [2.75, 3.05) is 43.4 Å². The molecule has 3 heterocycles. The van der Waals surface area contributed by atoms with Crippen LogP contribution in [-0.2, 0) is 0 Å². The molecular formula is C20H21FN4O. The zero-order chi connectivity index (χ0) is 18.1. The van der Waals surface area contributed by atoms with Gasteiger partial charge >= 0.3 is 0 Å². The number of nitrogens with one attached hydrogen (secondary N) is 1. The van der Waals surface area contributed by atoms with E-state index in [-0.39, 0.29) is 11.7 Å². The van der Waals surface area contributed by atoms with Crippen molar-refractivity contribution in [1.82, 2.24) is 9.30 Å². The topological polar surface area (TPSA) is 40.0 Å². The van der Waals surface area contributed by atoms with Crippen LogP contribution in [0.15, 0.2) is 54.7 Å². The second-order valence-corrected chi connectivity index (χ2v) is 6.66. The number of benzene rings is 1. The molecule has 0 unspecified atom stereocenters. The number of rotatable bonds is 3. The van der Waals surface area contributed by atoms with E-state index in [1.54, 1.807) is 18.2 Å². The van der Waals surface area contributed by atoms with E-state index in [9.17, 15) is 9.18 Å². The van der Waals surface area contributed by atoms with Crippen molar-refractivity contribution >= 4 is 22.9 Å². The predicted octanol–water partition coefficient (Wildman–Crippen LogP) is 3.08. The lowest BCUT2D eigenvalue weighted by Gasteiger charge is -2.33. The Morgan fingerprint density at radius 2 is 1.81 bits per heavy atom. The molecule has 1 aliphatic rings. The van der Waals surface area contributed by atoms with Crippen molar-refractivity contribution in [1.29, 1.82) is 0 Å². The molecule has 0 spiro atoms. The van der Waals surface area contributed by atoms with Crippen LogP contribution < -0.4 is 10.2 Å². The number of carbonyl (C=O) groups excluding carboxylic acids is 1. The lowest BCUT2D eigenvalue weighted by Crippen LogP contribution is -2.44. The molecule has 4 rings (SSSR count). The predicted molar refractivity (Wildman–Crippen MR) is 101 cm³/mol. The van der Waals surface area contributed by atoms with Gasteiger partial charge in [-0.25, -0.2) is 4.39 Å². The Labute approximate surface area is 151 Å². The molecule has 5 nitrogen and oxygen atoms in total. The maximum absolute atomic E-state index is 13.3. The highest BCUT2D eigenvalue weighted by molar-refractivity contribution is 6.04. The van der Waals surface area contributed by atoms with Crippen LogP contribution in [-0.4, -0.2) is 48.4 Å². The summed E-state index contributed by atoms with van der Waals surface area (Å²) in [6.45, 7) is 3.96. The number of hydrogen-bond donors (Lipinski definition) is 1. The molecule has 1 aromatic carbocycles. The van der Waals surface area contributed by atoms with Gasteiger partial charge in [0.05, 0.1) is 5.56 Å². The summed E-state index contributed by atoms with van der Waals surface area (Å²) in [5.74, 6) is 0.463. The van der Waals surface area contributed by atoms with E-state index in [0.717, 1.165) is 37.5 Å². The molecule has 0 radical (unpaired) electrons. The molecular weight excluding hydrogens is 331 g/mol. The number of amides is 1. The third kappa shape index (κ3) is 3.28. The zero-order valence-electron chi connectivity index (χ0n) is 14.7. The molecule has 1 aliphatic heterocycles. The van der Waals surface area contributed by atoms with Crippen LogP contribution in [0.25, 0.3) is 5.52 Å². The molecule has 1 fully saturated rings. The third-order valence-electron chi connectivity index (χ3n) is 4.80. The number of carbonyl (C=O) groups is 1. The maximum Gasteiger partial charge on any atom is 0.257 e. The number of anilines is 2. The van der Waals surface area contributed by atoms with Crippen molar-refractivity contribution < 1.29 is 9.18 Å². The summed E-state index contributed by atoms with van der Waals surface area (Å²) in [5.41, 5.74) is 2.02. The first-order valence-electron chi connectivity index (χ1n) is 8.72.